The molecule has 1 fully saturated rings. The third kappa shape index (κ3) is 2.38. The van der Waals surface area contributed by atoms with Crippen molar-refractivity contribution in [3.8, 4) is 0 Å². The SMILES string of the molecule is CC1CC1NCC(=O)N1CCc2sccc2C1. The molecule has 1 saturated carbocycles. The van der Waals surface area contributed by atoms with E-state index in [1.165, 1.54) is 16.9 Å². The van der Waals surface area contributed by atoms with Gasteiger partial charge in [0.25, 0.3) is 0 Å². The maximum absolute atomic E-state index is 12.0. The molecule has 0 spiro atoms. The fraction of sp³-hybridized carbons (Fsp3) is 0.615. The van der Waals surface area contributed by atoms with Crippen molar-refractivity contribution in [2.45, 2.75) is 32.4 Å². The molecule has 1 N–H and O–H groups in total. The van der Waals surface area contributed by atoms with Crippen molar-refractivity contribution >= 4 is 17.2 Å². The molecule has 1 aliphatic carbocycles. The highest BCUT2D eigenvalue weighted by atomic mass is 32.1. The highest BCUT2D eigenvalue weighted by Gasteiger charge is 2.32. The van der Waals surface area contributed by atoms with Crippen molar-refractivity contribution < 1.29 is 4.79 Å². The monoisotopic (exact) mass is 250 g/mol. The number of rotatable bonds is 3. The zero-order chi connectivity index (χ0) is 11.8. The number of nitrogens with one attached hydrogen (secondary N) is 1. The molecular weight excluding hydrogens is 232 g/mol. The van der Waals surface area contributed by atoms with Crippen LogP contribution in [-0.4, -0.2) is 29.9 Å². The number of carbonyl (C=O) groups excluding carboxylic acids is 1. The molecule has 3 nitrogen and oxygen atoms in total. The first-order valence-corrected chi connectivity index (χ1v) is 7.18. The summed E-state index contributed by atoms with van der Waals surface area (Å²) in [5.74, 6) is 1.01. The summed E-state index contributed by atoms with van der Waals surface area (Å²) in [6, 6.07) is 2.73. The van der Waals surface area contributed by atoms with Gasteiger partial charge >= 0.3 is 0 Å². The molecule has 2 atom stereocenters. The standard InChI is InChI=1S/C13H18N2OS/c1-9-6-11(9)14-7-13(16)15-4-2-12-10(8-15)3-5-17-12/h3,5,9,11,14H,2,4,6-8H2,1H3. The Morgan fingerprint density at radius 3 is 3.24 bits per heavy atom. The van der Waals surface area contributed by atoms with Gasteiger partial charge in [-0.15, -0.1) is 11.3 Å². The molecule has 3 rings (SSSR count). The van der Waals surface area contributed by atoms with Crippen LogP contribution in [0.15, 0.2) is 11.4 Å². The van der Waals surface area contributed by atoms with Crippen molar-refractivity contribution in [1.29, 1.82) is 0 Å². The summed E-state index contributed by atoms with van der Waals surface area (Å²) in [6.45, 7) is 4.42. The first kappa shape index (κ1) is 11.2. The second kappa shape index (κ2) is 4.42. The Morgan fingerprint density at radius 1 is 1.65 bits per heavy atom. The van der Waals surface area contributed by atoms with Gasteiger partial charge in [0.05, 0.1) is 6.54 Å². The predicted molar refractivity (Wildman–Crippen MR) is 69.0 cm³/mol. The fourth-order valence-electron chi connectivity index (χ4n) is 2.40. The summed E-state index contributed by atoms with van der Waals surface area (Å²) in [7, 11) is 0. The summed E-state index contributed by atoms with van der Waals surface area (Å²) >= 11 is 1.81. The van der Waals surface area contributed by atoms with Crippen molar-refractivity contribution in [1.82, 2.24) is 10.2 Å². The molecule has 1 aromatic heterocycles. The van der Waals surface area contributed by atoms with Gasteiger partial charge in [0.15, 0.2) is 0 Å². The second-order valence-corrected chi connectivity index (χ2v) is 6.14. The first-order chi connectivity index (χ1) is 8.24. The van der Waals surface area contributed by atoms with Gasteiger partial charge in [-0.25, -0.2) is 0 Å². The quantitative estimate of drug-likeness (QED) is 0.884. The molecule has 2 aliphatic rings. The molecule has 1 aliphatic heterocycles. The molecular formula is C13H18N2OS. The average molecular weight is 250 g/mol. The molecule has 2 heterocycles. The number of carbonyl (C=O) groups is 1. The smallest absolute Gasteiger partial charge is 0.236 e. The van der Waals surface area contributed by atoms with Gasteiger partial charge in [-0.05, 0) is 35.8 Å². The Kier molecular flexibility index (Phi) is 2.92. The van der Waals surface area contributed by atoms with Crippen LogP contribution in [0.5, 0.6) is 0 Å². The van der Waals surface area contributed by atoms with Crippen LogP contribution >= 0.6 is 11.3 Å². The molecule has 0 bridgehead atoms. The number of hydrogen-bond acceptors (Lipinski definition) is 3. The minimum Gasteiger partial charge on any atom is -0.337 e. The summed E-state index contributed by atoms with van der Waals surface area (Å²) in [4.78, 5) is 15.5. The molecule has 0 saturated heterocycles. The van der Waals surface area contributed by atoms with Gasteiger partial charge in [0.2, 0.25) is 5.91 Å². The number of hydrogen-bond donors (Lipinski definition) is 1. The first-order valence-electron chi connectivity index (χ1n) is 6.30. The number of nitrogens with zero attached hydrogens (tertiary/aromatic N) is 1. The molecule has 17 heavy (non-hydrogen) atoms. The predicted octanol–water partition coefficient (Wildman–Crippen LogP) is 1.63. The lowest BCUT2D eigenvalue weighted by Gasteiger charge is -2.27. The Balaban J connectivity index is 1.53. The second-order valence-electron chi connectivity index (χ2n) is 5.13. The third-order valence-electron chi connectivity index (χ3n) is 3.79. The largest absolute Gasteiger partial charge is 0.337 e. The van der Waals surface area contributed by atoms with Crippen LogP contribution in [0, 0.1) is 5.92 Å². The van der Waals surface area contributed by atoms with E-state index in [0.717, 1.165) is 25.4 Å². The van der Waals surface area contributed by atoms with E-state index in [0.29, 0.717) is 12.6 Å². The summed E-state index contributed by atoms with van der Waals surface area (Å²) in [5.41, 5.74) is 1.34. The minimum absolute atomic E-state index is 0.251. The number of amides is 1. The Labute approximate surface area is 106 Å². The van der Waals surface area contributed by atoms with Crippen LogP contribution in [0.3, 0.4) is 0 Å². The zero-order valence-corrected chi connectivity index (χ0v) is 10.9. The van der Waals surface area contributed by atoms with Crippen molar-refractivity contribution in [2.24, 2.45) is 5.92 Å². The molecule has 0 aromatic carbocycles. The molecule has 0 radical (unpaired) electrons. The Bertz CT molecular complexity index is 429. The van der Waals surface area contributed by atoms with Gasteiger partial charge in [-0.1, -0.05) is 6.92 Å². The van der Waals surface area contributed by atoms with Gasteiger partial charge in [0.1, 0.15) is 0 Å². The Morgan fingerprint density at radius 2 is 2.47 bits per heavy atom. The highest BCUT2D eigenvalue weighted by molar-refractivity contribution is 7.10. The average Bonchev–Trinajstić information content (AvgIpc) is 2.86. The van der Waals surface area contributed by atoms with E-state index in [2.05, 4.69) is 23.7 Å². The van der Waals surface area contributed by atoms with E-state index in [9.17, 15) is 4.79 Å². The topological polar surface area (TPSA) is 32.3 Å². The maximum Gasteiger partial charge on any atom is 0.236 e. The van der Waals surface area contributed by atoms with Gasteiger partial charge in [-0.3, -0.25) is 4.79 Å². The Hall–Kier alpha value is -0.870. The molecule has 2 unspecified atom stereocenters. The lowest BCUT2D eigenvalue weighted by Crippen LogP contribution is -2.41. The molecule has 1 amide bonds. The lowest BCUT2D eigenvalue weighted by molar-refractivity contribution is -0.131. The van der Waals surface area contributed by atoms with Crippen LogP contribution in [0.25, 0.3) is 0 Å². The summed E-state index contributed by atoms with van der Waals surface area (Å²) < 4.78 is 0. The van der Waals surface area contributed by atoms with Crippen LogP contribution in [0.1, 0.15) is 23.8 Å². The van der Waals surface area contributed by atoms with Crippen LogP contribution in [-0.2, 0) is 17.8 Å². The van der Waals surface area contributed by atoms with Crippen LogP contribution < -0.4 is 5.32 Å². The summed E-state index contributed by atoms with van der Waals surface area (Å²) in [6.07, 6.45) is 2.25. The molecule has 92 valence electrons. The zero-order valence-electron chi connectivity index (χ0n) is 10.1. The van der Waals surface area contributed by atoms with Crippen LogP contribution in [0.2, 0.25) is 0 Å². The van der Waals surface area contributed by atoms with E-state index in [4.69, 9.17) is 0 Å². The van der Waals surface area contributed by atoms with Crippen molar-refractivity contribution in [3.05, 3.63) is 21.9 Å². The lowest BCUT2D eigenvalue weighted by atomic mass is 10.1. The summed E-state index contributed by atoms with van der Waals surface area (Å²) in [5, 5.41) is 5.46. The van der Waals surface area contributed by atoms with Gasteiger partial charge in [-0.2, -0.15) is 0 Å². The van der Waals surface area contributed by atoms with E-state index < -0.39 is 0 Å². The number of thiophene rings is 1. The van der Waals surface area contributed by atoms with Gasteiger partial charge < -0.3 is 10.2 Å². The van der Waals surface area contributed by atoms with Gasteiger partial charge in [0, 0.05) is 24.0 Å². The van der Waals surface area contributed by atoms with Crippen molar-refractivity contribution in [3.63, 3.8) is 0 Å². The van der Waals surface area contributed by atoms with Crippen LogP contribution in [0.4, 0.5) is 0 Å². The molecule has 1 aromatic rings. The molecule has 4 heteroatoms. The van der Waals surface area contributed by atoms with E-state index >= 15 is 0 Å². The van der Waals surface area contributed by atoms with E-state index in [1.807, 2.05) is 16.2 Å². The third-order valence-corrected chi connectivity index (χ3v) is 4.81. The van der Waals surface area contributed by atoms with E-state index in [1.54, 1.807) is 0 Å². The maximum atomic E-state index is 12.0. The highest BCUT2D eigenvalue weighted by Crippen LogP contribution is 2.29. The minimum atomic E-state index is 0.251. The normalized spacial score (nSPS) is 26.8. The number of fused-ring (bicyclic) bond motifs is 1. The van der Waals surface area contributed by atoms with E-state index in [-0.39, 0.29) is 5.91 Å². The van der Waals surface area contributed by atoms with Crippen molar-refractivity contribution in [2.75, 3.05) is 13.1 Å². The fourth-order valence-corrected chi connectivity index (χ4v) is 3.29.